The van der Waals surface area contributed by atoms with Crippen molar-refractivity contribution in [3.8, 4) is 5.75 Å². The van der Waals surface area contributed by atoms with Crippen LogP contribution in [0.3, 0.4) is 0 Å². The van der Waals surface area contributed by atoms with Gasteiger partial charge in [-0.05, 0) is 36.2 Å². The van der Waals surface area contributed by atoms with Crippen molar-refractivity contribution >= 4 is 16.0 Å². The topological polar surface area (TPSA) is 72.9 Å². The zero-order chi connectivity index (χ0) is 19.0. The van der Waals surface area contributed by atoms with E-state index in [2.05, 4.69) is 0 Å². The van der Waals surface area contributed by atoms with Crippen LogP contribution in [0.4, 0.5) is 0 Å². The maximum Gasteiger partial charge on any atom is 0.306 e. The molecule has 0 aliphatic rings. The largest absolute Gasteiger partial charge is 0.494 e. The number of carbonyl (C=O) groups excluding carboxylic acids is 1. The number of para-hydroxylation sites is 1. The third-order valence-electron chi connectivity index (χ3n) is 3.61. The van der Waals surface area contributed by atoms with E-state index in [0.717, 1.165) is 10.1 Å². The van der Waals surface area contributed by atoms with E-state index in [0.29, 0.717) is 18.6 Å². The third kappa shape index (κ3) is 5.86. The molecule has 0 fully saturated rings. The van der Waals surface area contributed by atoms with Gasteiger partial charge in [0.1, 0.15) is 12.4 Å². The van der Waals surface area contributed by atoms with E-state index in [1.54, 1.807) is 12.1 Å². The minimum absolute atomic E-state index is 0.0369. The monoisotopic (exact) mass is 377 g/mol. The number of ether oxygens (including phenoxy) is 2. The van der Waals surface area contributed by atoms with Gasteiger partial charge >= 0.3 is 5.97 Å². The Morgan fingerprint density at radius 2 is 1.77 bits per heavy atom. The first kappa shape index (κ1) is 19.9. The molecule has 0 aliphatic heterocycles. The first-order valence-corrected chi connectivity index (χ1v) is 9.68. The molecule has 0 bridgehead atoms. The molecular formula is C19H23NO5S. The fraction of sp³-hybridized carbons (Fsp3) is 0.316. The molecule has 2 aromatic rings. The lowest BCUT2D eigenvalue weighted by atomic mass is 10.2. The van der Waals surface area contributed by atoms with Crippen LogP contribution in [0.25, 0.3) is 0 Å². The fourth-order valence-corrected chi connectivity index (χ4v) is 3.14. The van der Waals surface area contributed by atoms with Gasteiger partial charge < -0.3 is 9.47 Å². The molecule has 0 spiro atoms. The summed E-state index contributed by atoms with van der Waals surface area (Å²) in [7, 11) is -0.562. The molecule has 26 heavy (non-hydrogen) atoms. The van der Waals surface area contributed by atoms with Crippen molar-refractivity contribution in [1.82, 2.24) is 4.31 Å². The van der Waals surface area contributed by atoms with Gasteiger partial charge in [0.2, 0.25) is 10.0 Å². The van der Waals surface area contributed by atoms with E-state index >= 15 is 0 Å². The highest BCUT2D eigenvalue weighted by Crippen LogP contribution is 2.16. The summed E-state index contributed by atoms with van der Waals surface area (Å²) in [5, 5.41) is 0. The Morgan fingerprint density at radius 3 is 2.46 bits per heavy atom. The van der Waals surface area contributed by atoms with E-state index in [4.69, 9.17) is 9.47 Å². The highest BCUT2D eigenvalue weighted by molar-refractivity contribution is 7.89. The quantitative estimate of drug-likeness (QED) is 0.496. The molecular weight excluding hydrogens is 354 g/mol. The predicted octanol–water partition coefficient (Wildman–Crippen LogP) is 2.84. The zero-order valence-electron chi connectivity index (χ0n) is 14.9. The lowest BCUT2D eigenvalue weighted by Gasteiger charge is -2.12. The number of nitrogens with zero attached hydrogens (tertiary/aromatic N) is 1. The summed E-state index contributed by atoms with van der Waals surface area (Å²) in [6.07, 6.45) is 0.783. The number of sulfonamides is 1. The number of rotatable bonds is 9. The molecule has 0 unspecified atom stereocenters. The van der Waals surface area contributed by atoms with Crippen molar-refractivity contribution in [1.29, 1.82) is 0 Å². The Hall–Kier alpha value is -2.38. The Balaban J connectivity index is 1.77. The normalized spacial score (nSPS) is 11.3. The number of carbonyl (C=O) groups is 1. The van der Waals surface area contributed by atoms with Gasteiger partial charge in [0.05, 0.1) is 11.5 Å². The molecule has 2 aromatic carbocycles. The predicted molar refractivity (Wildman–Crippen MR) is 98.3 cm³/mol. The van der Waals surface area contributed by atoms with Crippen LogP contribution in [-0.2, 0) is 26.2 Å². The standard InChI is InChI=1S/C19H23NO5S/c1-20(2)26(22,23)18-11-6-8-16(14-18)15-25-19(21)12-7-13-24-17-9-4-3-5-10-17/h3-6,8-11,14H,7,12-13,15H2,1-2H3. The van der Waals surface area contributed by atoms with E-state index in [9.17, 15) is 13.2 Å². The second kappa shape index (κ2) is 9.35. The Kier molecular flexibility index (Phi) is 7.17. The number of esters is 1. The summed E-state index contributed by atoms with van der Waals surface area (Å²) < 4.78 is 36.1. The average Bonchev–Trinajstić information content (AvgIpc) is 2.64. The van der Waals surface area contributed by atoms with Crippen molar-refractivity contribution in [2.75, 3.05) is 20.7 Å². The van der Waals surface area contributed by atoms with Crippen LogP contribution in [0.5, 0.6) is 5.75 Å². The molecule has 0 atom stereocenters. The minimum atomic E-state index is -3.51. The van der Waals surface area contributed by atoms with Gasteiger partial charge in [0.15, 0.2) is 0 Å². The summed E-state index contributed by atoms with van der Waals surface area (Å²) in [5.41, 5.74) is 0.627. The molecule has 0 N–H and O–H groups in total. The number of hydrogen-bond acceptors (Lipinski definition) is 5. The molecule has 0 saturated heterocycles. The Bertz CT molecular complexity index is 819. The van der Waals surface area contributed by atoms with Gasteiger partial charge in [-0.2, -0.15) is 0 Å². The maximum atomic E-state index is 12.1. The smallest absolute Gasteiger partial charge is 0.306 e. The summed E-state index contributed by atoms with van der Waals surface area (Å²) >= 11 is 0. The third-order valence-corrected chi connectivity index (χ3v) is 5.43. The number of benzene rings is 2. The highest BCUT2D eigenvalue weighted by atomic mass is 32.2. The Morgan fingerprint density at radius 1 is 1.04 bits per heavy atom. The molecule has 6 nitrogen and oxygen atoms in total. The summed E-state index contributed by atoms with van der Waals surface area (Å²) in [6, 6.07) is 15.8. The second-order valence-electron chi connectivity index (χ2n) is 5.86. The summed E-state index contributed by atoms with van der Waals surface area (Å²) in [5.74, 6) is 0.419. The van der Waals surface area contributed by atoms with Crippen LogP contribution in [0, 0.1) is 0 Å². The van der Waals surface area contributed by atoms with Crippen molar-refractivity contribution in [2.24, 2.45) is 0 Å². The summed E-state index contributed by atoms with van der Waals surface area (Å²) in [6.45, 7) is 0.463. The first-order chi connectivity index (χ1) is 12.4. The van der Waals surface area contributed by atoms with Crippen molar-refractivity contribution in [3.63, 3.8) is 0 Å². The van der Waals surface area contributed by atoms with E-state index in [1.807, 2.05) is 30.3 Å². The minimum Gasteiger partial charge on any atom is -0.494 e. The Labute approximate surface area is 154 Å². The van der Waals surface area contributed by atoms with Crippen LogP contribution in [0.15, 0.2) is 59.5 Å². The fourth-order valence-electron chi connectivity index (χ4n) is 2.17. The van der Waals surface area contributed by atoms with Crippen molar-refractivity contribution in [2.45, 2.75) is 24.3 Å². The number of hydrogen-bond donors (Lipinski definition) is 0. The molecule has 0 aliphatic carbocycles. The second-order valence-corrected chi connectivity index (χ2v) is 8.01. The maximum absolute atomic E-state index is 12.1. The zero-order valence-corrected chi connectivity index (χ0v) is 15.7. The SMILES string of the molecule is CN(C)S(=O)(=O)c1cccc(COC(=O)CCCOc2ccccc2)c1. The highest BCUT2D eigenvalue weighted by Gasteiger charge is 2.17. The summed E-state index contributed by atoms with van der Waals surface area (Å²) in [4.78, 5) is 12.0. The van der Waals surface area contributed by atoms with Gasteiger partial charge in [-0.1, -0.05) is 30.3 Å². The van der Waals surface area contributed by atoms with E-state index < -0.39 is 10.0 Å². The first-order valence-electron chi connectivity index (χ1n) is 8.24. The van der Waals surface area contributed by atoms with Crippen molar-refractivity contribution < 1.29 is 22.7 Å². The van der Waals surface area contributed by atoms with Gasteiger partial charge in [0, 0.05) is 20.5 Å². The van der Waals surface area contributed by atoms with Gasteiger partial charge in [-0.3, -0.25) is 4.79 Å². The van der Waals surface area contributed by atoms with Crippen LogP contribution >= 0.6 is 0 Å². The van der Waals surface area contributed by atoms with Crippen LogP contribution in [0.1, 0.15) is 18.4 Å². The molecule has 0 aromatic heterocycles. The van der Waals surface area contributed by atoms with Crippen LogP contribution in [0.2, 0.25) is 0 Å². The van der Waals surface area contributed by atoms with Crippen LogP contribution in [-0.4, -0.2) is 39.4 Å². The van der Waals surface area contributed by atoms with Crippen LogP contribution < -0.4 is 4.74 Å². The lowest BCUT2D eigenvalue weighted by molar-refractivity contribution is -0.145. The molecule has 7 heteroatoms. The molecule has 2 rings (SSSR count). The van der Waals surface area contributed by atoms with E-state index in [-0.39, 0.29) is 23.9 Å². The van der Waals surface area contributed by atoms with Gasteiger partial charge in [-0.15, -0.1) is 0 Å². The molecule has 0 saturated carbocycles. The molecule has 0 amide bonds. The molecule has 140 valence electrons. The van der Waals surface area contributed by atoms with Gasteiger partial charge in [0.25, 0.3) is 0 Å². The van der Waals surface area contributed by atoms with Gasteiger partial charge in [-0.25, -0.2) is 12.7 Å². The average molecular weight is 377 g/mol. The van der Waals surface area contributed by atoms with Crippen molar-refractivity contribution in [3.05, 3.63) is 60.2 Å². The molecule has 0 heterocycles. The molecule has 0 radical (unpaired) electrons. The van der Waals surface area contributed by atoms with E-state index in [1.165, 1.54) is 26.2 Å². The lowest BCUT2D eigenvalue weighted by Crippen LogP contribution is -2.22.